The Morgan fingerprint density at radius 2 is 2.19 bits per heavy atom. The van der Waals surface area contributed by atoms with Gasteiger partial charge < -0.3 is 4.74 Å². The maximum Gasteiger partial charge on any atom is 0.170 e. The molecule has 16 heavy (non-hydrogen) atoms. The second kappa shape index (κ2) is 5.75. The van der Waals surface area contributed by atoms with E-state index in [-0.39, 0.29) is 5.78 Å². The van der Waals surface area contributed by atoms with Gasteiger partial charge in [0, 0.05) is 18.5 Å². The number of pyridine rings is 1. The molecular weight excluding hydrogens is 202 g/mol. The first-order valence-electron chi connectivity index (χ1n) is 5.69. The fourth-order valence-electron chi connectivity index (χ4n) is 1.55. The molecule has 3 heteroatoms. The zero-order valence-corrected chi connectivity index (χ0v) is 10.2. The lowest BCUT2D eigenvalue weighted by atomic mass is 9.94. The lowest BCUT2D eigenvalue weighted by Crippen LogP contribution is -2.39. The van der Waals surface area contributed by atoms with Gasteiger partial charge in [0.05, 0.1) is 6.42 Å². The van der Waals surface area contributed by atoms with E-state index in [2.05, 4.69) is 4.98 Å². The average molecular weight is 221 g/mol. The number of hydrogen-bond acceptors (Lipinski definition) is 3. The third-order valence-electron chi connectivity index (χ3n) is 2.80. The van der Waals surface area contributed by atoms with Gasteiger partial charge in [0.25, 0.3) is 0 Å². The van der Waals surface area contributed by atoms with Gasteiger partial charge in [0.1, 0.15) is 5.60 Å². The Labute approximate surface area is 96.8 Å². The third kappa shape index (κ3) is 3.14. The Kier molecular flexibility index (Phi) is 4.62. The van der Waals surface area contributed by atoms with Gasteiger partial charge in [-0.2, -0.15) is 0 Å². The van der Waals surface area contributed by atoms with E-state index in [0.717, 1.165) is 5.69 Å². The standard InChI is InChI=1S/C13H19NO2/c1-4-13(3,16-5-2)12(15)10-11-8-6-7-9-14-11/h6-9H,4-5,10H2,1-3H3. The SMILES string of the molecule is CCOC(C)(CC)C(=O)Cc1ccccn1. The summed E-state index contributed by atoms with van der Waals surface area (Å²) >= 11 is 0. The van der Waals surface area contributed by atoms with Crippen LogP contribution in [0.1, 0.15) is 32.9 Å². The molecule has 0 aliphatic heterocycles. The van der Waals surface area contributed by atoms with Crippen molar-refractivity contribution in [3.05, 3.63) is 30.1 Å². The van der Waals surface area contributed by atoms with Crippen molar-refractivity contribution in [2.45, 2.75) is 39.2 Å². The number of carbonyl (C=O) groups is 1. The van der Waals surface area contributed by atoms with E-state index in [1.165, 1.54) is 0 Å². The second-order valence-corrected chi connectivity index (χ2v) is 3.94. The molecule has 1 atom stereocenters. The Bertz CT molecular complexity index is 337. The summed E-state index contributed by atoms with van der Waals surface area (Å²) in [4.78, 5) is 16.2. The molecule has 88 valence electrons. The Balaban J connectivity index is 2.70. The summed E-state index contributed by atoms with van der Waals surface area (Å²) in [6, 6.07) is 5.59. The van der Waals surface area contributed by atoms with E-state index in [9.17, 15) is 4.79 Å². The molecule has 0 spiro atoms. The number of ether oxygens (including phenoxy) is 1. The molecule has 0 saturated heterocycles. The molecule has 0 saturated carbocycles. The molecule has 0 aromatic carbocycles. The summed E-state index contributed by atoms with van der Waals surface area (Å²) < 4.78 is 5.54. The summed E-state index contributed by atoms with van der Waals surface area (Å²) in [6.45, 7) is 6.27. The van der Waals surface area contributed by atoms with Crippen molar-refractivity contribution in [2.75, 3.05) is 6.61 Å². The van der Waals surface area contributed by atoms with Gasteiger partial charge in [0.15, 0.2) is 5.78 Å². The maximum absolute atomic E-state index is 12.1. The minimum atomic E-state index is -0.674. The van der Waals surface area contributed by atoms with E-state index in [1.807, 2.05) is 39.0 Å². The molecule has 0 N–H and O–H groups in total. The molecule has 3 nitrogen and oxygen atoms in total. The highest BCUT2D eigenvalue weighted by molar-refractivity contribution is 5.88. The van der Waals surface area contributed by atoms with E-state index in [0.29, 0.717) is 19.4 Å². The second-order valence-electron chi connectivity index (χ2n) is 3.94. The number of carbonyl (C=O) groups excluding carboxylic acids is 1. The number of aromatic nitrogens is 1. The number of ketones is 1. The summed E-state index contributed by atoms with van der Waals surface area (Å²) in [7, 11) is 0. The van der Waals surface area contributed by atoms with E-state index >= 15 is 0 Å². The van der Waals surface area contributed by atoms with Crippen LogP contribution in [0.15, 0.2) is 24.4 Å². The van der Waals surface area contributed by atoms with Crippen molar-refractivity contribution in [1.82, 2.24) is 4.98 Å². The molecule has 1 rings (SSSR count). The first kappa shape index (κ1) is 12.8. The van der Waals surface area contributed by atoms with Crippen LogP contribution in [-0.4, -0.2) is 23.0 Å². The summed E-state index contributed by atoms with van der Waals surface area (Å²) in [5.74, 6) is 0.0931. The molecule has 0 aliphatic carbocycles. The van der Waals surface area contributed by atoms with Crippen LogP contribution in [0.3, 0.4) is 0 Å². The Hall–Kier alpha value is -1.22. The Morgan fingerprint density at radius 3 is 2.69 bits per heavy atom. The molecule has 0 aliphatic rings. The minimum Gasteiger partial charge on any atom is -0.368 e. The van der Waals surface area contributed by atoms with Crippen molar-refractivity contribution >= 4 is 5.78 Å². The van der Waals surface area contributed by atoms with E-state index in [1.54, 1.807) is 6.20 Å². The van der Waals surface area contributed by atoms with Crippen LogP contribution < -0.4 is 0 Å². The van der Waals surface area contributed by atoms with Crippen LogP contribution in [-0.2, 0) is 16.0 Å². The Morgan fingerprint density at radius 1 is 1.44 bits per heavy atom. The van der Waals surface area contributed by atoms with Crippen molar-refractivity contribution in [2.24, 2.45) is 0 Å². The lowest BCUT2D eigenvalue weighted by molar-refractivity contribution is -0.141. The fourth-order valence-corrected chi connectivity index (χ4v) is 1.55. The highest BCUT2D eigenvalue weighted by Crippen LogP contribution is 2.18. The average Bonchev–Trinajstić information content (AvgIpc) is 2.30. The molecule has 1 aromatic rings. The number of hydrogen-bond donors (Lipinski definition) is 0. The van der Waals surface area contributed by atoms with Crippen molar-refractivity contribution in [3.8, 4) is 0 Å². The topological polar surface area (TPSA) is 39.2 Å². The van der Waals surface area contributed by atoms with Gasteiger partial charge in [-0.25, -0.2) is 0 Å². The summed E-state index contributed by atoms with van der Waals surface area (Å²) in [5.41, 5.74) is 0.124. The molecular formula is C13H19NO2. The molecule has 0 bridgehead atoms. The van der Waals surface area contributed by atoms with Gasteiger partial charge >= 0.3 is 0 Å². The first-order chi connectivity index (χ1) is 7.62. The van der Waals surface area contributed by atoms with Crippen LogP contribution >= 0.6 is 0 Å². The maximum atomic E-state index is 12.1. The molecule has 1 aromatic heterocycles. The fraction of sp³-hybridized carbons (Fsp3) is 0.538. The molecule has 0 amide bonds. The molecule has 1 unspecified atom stereocenters. The van der Waals surface area contributed by atoms with E-state index < -0.39 is 5.60 Å². The van der Waals surface area contributed by atoms with E-state index in [4.69, 9.17) is 4.74 Å². The highest BCUT2D eigenvalue weighted by atomic mass is 16.5. The van der Waals surface area contributed by atoms with Gasteiger partial charge in [-0.1, -0.05) is 13.0 Å². The largest absolute Gasteiger partial charge is 0.368 e. The van der Waals surface area contributed by atoms with Gasteiger partial charge in [-0.3, -0.25) is 9.78 Å². The zero-order chi connectivity index (χ0) is 12.0. The zero-order valence-electron chi connectivity index (χ0n) is 10.2. The summed E-state index contributed by atoms with van der Waals surface area (Å²) in [6.07, 6.45) is 2.73. The minimum absolute atomic E-state index is 0.0931. The first-order valence-corrected chi connectivity index (χ1v) is 5.69. The molecule has 0 fully saturated rings. The number of nitrogens with zero attached hydrogens (tertiary/aromatic N) is 1. The van der Waals surface area contributed by atoms with Crippen molar-refractivity contribution in [3.63, 3.8) is 0 Å². The van der Waals surface area contributed by atoms with Crippen LogP contribution in [0.25, 0.3) is 0 Å². The monoisotopic (exact) mass is 221 g/mol. The third-order valence-corrected chi connectivity index (χ3v) is 2.80. The highest BCUT2D eigenvalue weighted by Gasteiger charge is 2.31. The van der Waals surface area contributed by atoms with Gasteiger partial charge in [-0.05, 0) is 32.4 Å². The quantitative estimate of drug-likeness (QED) is 0.740. The number of Topliss-reactive ketones (excluding diaryl/α,β-unsaturated/α-hetero) is 1. The van der Waals surface area contributed by atoms with Gasteiger partial charge in [0.2, 0.25) is 0 Å². The normalized spacial score (nSPS) is 14.4. The van der Waals surface area contributed by atoms with Crippen LogP contribution in [0.4, 0.5) is 0 Å². The molecule has 0 radical (unpaired) electrons. The molecule has 1 heterocycles. The van der Waals surface area contributed by atoms with Crippen molar-refractivity contribution < 1.29 is 9.53 Å². The smallest absolute Gasteiger partial charge is 0.170 e. The van der Waals surface area contributed by atoms with Crippen molar-refractivity contribution in [1.29, 1.82) is 0 Å². The van der Waals surface area contributed by atoms with Crippen LogP contribution in [0.2, 0.25) is 0 Å². The van der Waals surface area contributed by atoms with Crippen LogP contribution in [0.5, 0.6) is 0 Å². The van der Waals surface area contributed by atoms with Crippen LogP contribution in [0, 0.1) is 0 Å². The summed E-state index contributed by atoms with van der Waals surface area (Å²) in [5, 5.41) is 0. The predicted molar refractivity (Wildman–Crippen MR) is 63.3 cm³/mol. The number of rotatable bonds is 6. The predicted octanol–water partition coefficient (Wildman–Crippen LogP) is 2.40. The van der Waals surface area contributed by atoms with Gasteiger partial charge in [-0.15, -0.1) is 0 Å². The lowest BCUT2D eigenvalue weighted by Gasteiger charge is -2.26.